The Balaban J connectivity index is 4.16. The van der Waals surface area contributed by atoms with E-state index in [4.69, 9.17) is 14.2 Å². The fourth-order valence-corrected chi connectivity index (χ4v) is 8.36. The van der Waals surface area contributed by atoms with Crippen LogP contribution in [-0.2, 0) is 28.6 Å². The van der Waals surface area contributed by atoms with Gasteiger partial charge in [0.15, 0.2) is 6.10 Å². The number of esters is 3. The Kier molecular flexibility index (Phi) is 54.3. The number of hydrogen-bond acceptors (Lipinski definition) is 6. The molecule has 0 saturated heterocycles. The number of carbonyl (C=O) groups excluding carboxylic acids is 3. The summed E-state index contributed by atoms with van der Waals surface area (Å²) in [5, 5.41) is 0. The maximum Gasteiger partial charge on any atom is 0.306 e. The molecule has 0 aliphatic heterocycles. The van der Waals surface area contributed by atoms with Crippen LogP contribution in [-0.4, -0.2) is 37.2 Å². The monoisotopic (exact) mass is 951 g/mol. The maximum absolute atomic E-state index is 12.8. The molecule has 0 aliphatic rings. The molecule has 0 radical (unpaired) electrons. The van der Waals surface area contributed by atoms with Gasteiger partial charge in [0.2, 0.25) is 0 Å². The van der Waals surface area contributed by atoms with E-state index < -0.39 is 6.10 Å². The van der Waals surface area contributed by atoms with Gasteiger partial charge in [0.05, 0.1) is 0 Å². The van der Waals surface area contributed by atoms with E-state index in [9.17, 15) is 14.4 Å². The van der Waals surface area contributed by atoms with Crippen LogP contribution in [0.1, 0.15) is 297 Å². The van der Waals surface area contributed by atoms with Crippen LogP contribution >= 0.6 is 0 Å². The minimum Gasteiger partial charge on any atom is -0.462 e. The van der Waals surface area contributed by atoms with Crippen molar-refractivity contribution in [2.24, 2.45) is 0 Å². The molecule has 1 unspecified atom stereocenters. The number of allylic oxidation sites excluding steroid dienone is 10. The number of hydrogen-bond donors (Lipinski definition) is 0. The van der Waals surface area contributed by atoms with E-state index in [1.807, 2.05) is 0 Å². The summed E-state index contributed by atoms with van der Waals surface area (Å²) in [5.41, 5.74) is 0. The quantitative estimate of drug-likeness (QED) is 0.0262. The van der Waals surface area contributed by atoms with E-state index in [-0.39, 0.29) is 31.1 Å². The second-order valence-corrected chi connectivity index (χ2v) is 19.5. The largest absolute Gasteiger partial charge is 0.462 e. The third-order valence-electron chi connectivity index (χ3n) is 12.8. The van der Waals surface area contributed by atoms with Crippen molar-refractivity contribution in [2.75, 3.05) is 13.2 Å². The lowest BCUT2D eigenvalue weighted by atomic mass is 10.0. The first-order valence-corrected chi connectivity index (χ1v) is 29.3. The molecule has 0 aromatic carbocycles. The van der Waals surface area contributed by atoms with Gasteiger partial charge in [0.1, 0.15) is 13.2 Å². The van der Waals surface area contributed by atoms with Crippen molar-refractivity contribution >= 4 is 17.9 Å². The van der Waals surface area contributed by atoms with Gasteiger partial charge in [0.25, 0.3) is 0 Å². The first-order chi connectivity index (χ1) is 33.5. The fraction of sp³-hybridized carbons (Fsp3) is 0.790. The summed E-state index contributed by atoms with van der Waals surface area (Å²) in [6, 6.07) is 0. The molecular weight excluding hydrogens is 841 g/mol. The standard InChI is InChI=1S/C62H110O6/c1-4-7-10-13-16-19-22-24-25-26-27-28-29-30-31-32-33-34-35-36-37-38-41-43-46-49-52-55-61(64)67-58-59(57-66-60(63)54-51-48-45-42-39-21-18-15-12-9-6-3)68-62(65)56-53-50-47-44-40-23-20-17-14-11-8-5-2/h7,10,15-16,18-19,24-25,27-28,59H,4-6,8-9,11-14,17,20-23,26,29-58H2,1-3H3/b10-7-,18-15-,19-16-,25-24-,28-27-. The first kappa shape index (κ1) is 65.1. The zero-order chi connectivity index (χ0) is 49.3. The Bertz CT molecular complexity index is 1230. The minimum atomic E-state index is -0.773. The summed E-state index contributed by atoms with van der Waals surface area (Å²) in [7, 11) is 0. The van der Waals surface area contributed by atoms with Gasteiger partial charge in [0, 0.05) is 19.3 Å². The van der Waals surface area contributed by atoms with E-state index in [1.165, 1.54) is 167 Å². The van der Waals surface area contributed by atoms with E-state index in [1.54, 1.807) is 0 Å². The molecule has 0 aromatic heterocycles. The van der Waals surface area contributed by atoms with Crippen LogP contribution in [0.2, 0.25) is 0 Å². The summed E-state index contributed by atoms with van der Waals surface area (Å²) in [5.74, 6) is -0.873. The van der Waals surface area contributed by atoms with E-state index in [2.05, 4.69) is 81.5 Å². The molecule has 6 heteroatoms. The maximum atomic E-state index is 12.8. The highest BCUT2D eigenvalue weighted by Crippen LogP contribution is 2.16. The molecule has 0 bridgehead atoms. The second kappa shape index (κ2) is 56.7. The lowest BCUT2D eigenvalue weighted by Gasteiger charge is -2.18. The van der Waals surface area contributed by atoms with E-state index >= 15 is 0 Å². The average molecular weight is 952 g/mol. The van der Waals surface area contributed by atoms with Gasteiger partial charge in [-0.3, -0.25) is 14.4 Å². The highest BCUT2D eigenvalue weighted by atomic mass is 16.6. The molecular formula is C62H110O6. The van der Waals surface area contributed by atoms with Crippen LogP contribution in [0.4, 0.5) is 0 Å². The Hall–Kier alpha value is -2.89. The predicted molar refractivity (Wildman–Crippen MR) is 293 cm³/mol. The molecule has 394 valence electrons. The Morgan fingerprint density at radius 2 is 0.588 bits per heavy atom. The summed E-state index contributed by atoms with van der Waals surface area (Å²) >= 11 is 0. The summed E-state index contributed by atoms with van der Waals surface area (Å²) < 4.78 is 16.8. The van der Waals surface area contributed by atoms with Crippen LogP contribution in [0.5, 0.6) is 0 Å². The van der Waals surface area contributed by atoms with Crippen LogP contribution in [0, 0.1) is 0 Å². The van der Waals surface area contributed by atoms with Gasteiger partial charge in [-0.15, -0.1) is 0 Å². The highest BCUT2D eigenvalue weighted by molar-refractivity contribution is 5.71. The zero-order valence-electron chi connectivity index (χ0n) is 45.1. The van der Waals surface area contributed by atoms with Gasteiger partial charge in [-0.2, -0.15) is 0 Å². The number of unbranched alkanes of at least 4 members (excludes halogenated alkanes) is 32. The van der Waals surface area contributed by atoms with Gasteiger partial charge >= 0.3 is 17.9 Å². The molecule has 0 fully saturated rings. The van der Waals surface area contributed by atoms with Crippen molar-refractivity contribution in [3.63, 3.8) is 0 Å². The summed E-state index contributed by atoms with van der Waals surface area (Å²) in [6.07, 6.45) is 70.8. The number of carbonyl (C=O) groups is 3. The zero-order valence-corrected chi connectivity index (χ0v) is 45.1. The minimum absolute atomic E-state index is 0.0735. The number of ether oxygens (including phenoxy) is 3. The van der Waals surface area contributed by atoms with Crippen molar-refractivity contribution in [3.8, 4) is 0 Å². The predicted octanol–water partition coefficient (Wildman–Crippen LogP) is 19.6. The fourth-order valence-electron chi connectivity index (χ4n) is 8.36. The van der Waals surface area contributed by atoms with Crippen LogP contribution in [0.3, 0.4) is 0 Å². The smallest absolute Gasteiger partial charge is 0.306 e. The van der Waals surface area contributed by atoms with Crippen LogP contribution < -0.4 is 0 Å². The van der Waals surface area contributed by atoms with Gasteiger partial charge in [-0.05, 0) is 77.0 Å². The van der Waals surface area contributed by atoms with Gasteiger partial charge in [-0.1, -0.05) is 261 Å². The Morgan fingerprint density at radius 3 is 0.956 bits per heavy atom. The average Bonchev–Trinajstić information content (AvgIpc) is 3.34. The molecule has 0 rings (SSSR count). The lowest BCUT2D eigenvalue weighted by molar-refractivity contribution is -0.167. The van der Waals surface area contributed by atoms with Crippen molar-refractivity contribution in [1.29, 1.82) is 0 Å². The van der Waals surface area contributed by atoms with Crippen LogP contribution in [0.15, 0.2) is 60.8 Å². The van der Waals surface area contributed by atoms with Crippen molar-refractivity contribution in [3.05, 3.63) is 60.8 Å². The van der Waals surface area contributed by atoms with E-state index in [0.29, 0.717) is 19.3 Å². The third kappa shape index (κ3) is 54.1. The lowest BCUT2D eigenvalue weighted by Crippen LogP contribution is -2.30. The molecule has 0 heterocycles. The van der Waals surface area contributed by atoms with Gasteiger partial charge in [-0.25, -0.2) is 0 Å². The third-order valence-corrected chi connectivity index (χ3v) is 12.8. The molecule has 0 amide bonds. The molecule has 68 heavy (non-hydrogen) atoms. The second-order valence-electron chi connectivity index (χ2n) is 19.5. The molecule has 1 atom stereocenters. The normalized spacial score (nSPS) is 12.5. The summed E-state index contributed by atoms with van der Waals surface area (Å²) in [6.45, 7) is 6.50. The SMILES string of the molecule is CC/C=C\C/C=C\C/C=C\C/C=C\CCCCCCCCCCCCCCCCC(=O)OCC(COC(=O)CCCCCCC/C=C\CCCC)OC(=O)CCCCCCCCCCCCCC. The number of rotatable bonds is 53. The van der Waals surface area contributed by atoms with E-state index in [0.717, 1.165) is 89.9 Å². The topological polar surface area (TPSA) is 78.9 Å². The molecule has 0 N–H and O–H groups in total. The Labute approximate surface area is 421 Å². The highest BCUT2D eigenvalue weighted by Gasteiger charge is 2.19. The molecule has 0 aliphatic carbocycles. The Morgan fingerprint density at radius 1 is 0.309 bits per heavy atom. The van der Waals surface area contributed by atoms with Crippen molar-refractivity contribution < 1.29 is 28.6 Å². The molecule has 0 spiro atoms. The molecule has 0 saturated carbocycles. The first-order valence-electron chi connectivity index (χ1n) is 29.3. The van der Waals surface area contributed by atoms with Crippen molar-refractivity contribution in [1.82, 2.24) is 0 Å². The summed E-state index contributed by atoms with van der Waals surface area (Å²) in [4.78, 5) is 38.0. The molecule has 6 nitrogen and oxygen atoms in total. The molecule has 0 aromatic rings. The van der Waals surface area contributed by atoms with Gasteiger partial charge < -0.3 is 14.2 Å². The van der Waals surface area contributed by atoms with Crippen molar-refractivity contribution in [2.45, 2.75) is 303 Å². The van der Waals surface area contributed by atoms with Crippen LogP contribution in [0.25, 0.3) is 0 Å².